The number of carbonyl (C=O) groups is 1. The van der Waals surface area contributed by atoms with Crippen molar-refractivity contribution < 1.29 is 14.6 Å². The van der Waals surface area contributed by atoms with Crippen LogP contribution in [0.4, 0.5) is 0 Å². The summed E-state index contributed by atoms with van der Waals surface area (Å²) >= 11 is 0. The van der Waals surface area contributed by atoms with Crippen molar-refractivity contribution in [3.63, 3.8) is 0 Å². The fourth-order valence-electron chi connectivity index (χ4n) is 1.90. The van der Waals surface area contributed by atoms with Gasteiger partial charge in [-0.3, -0.25) is 4.79 Å². The zero-order chi connectivity index (χ0) is 15.4. The molecule has 1 heterocycles. The molecule has 0 bridgehead atoms. The highest BCUT2D eigenvalue weighted by atomic mass is 16.5. The van der Waals surface area contributed by atoms with E-state index in [2.05, 4.69) is 10.3 Å². The summed E-state index contributed by atoms with van der Waals surface area (Å²) in [6.45, 7) is 4.01. The van der Waals surface area contributed by atoms with Crippen LogP contribution in [0.1, 0.15) is 27.0 Å². The SMILES string of the molecule is COc1ccc(CNC(=O)c2ccc(C)c(C)c2O)cn1. The van der Waals surface area contributed by atoms with Gasteiger partial charge in [0.15, 0.2) is 0 Å². The predicted molar refractivity (Wildman–Crippen MR) is 79.5 cm³/mol. The molecule has 0 spiro atoms. The third kappa shape index (κ3) is 3.31. The number of benzene rings is 1. The van der Waals surface area contributed by atoms with Gasteiger partial charge in [0.05, 0.1) is 12.7 Å². The molecule has 2 N–H and O–H groups in total. The standard InChI is InChI=1S/C16H18N2O3/c1-10-4-6-13(15(19)11(10)2)16(20)18-9-12-5-7-14(21-3)17-8-12/h4-8,19H,9H2,1-3H3,(H,18,20). The van der Waals surface area contributed by atoms with Crippen LogP contribution in [0.15, 0.2) is 30.5 Å². The third-order valence-corrected chi connectivity index (χ3v) is 3.41. The number of hydrogen-bond donors (Lipinski definition) is 2. The smallest absolute Gasteiger partial charge is 0.255 e. The van der Waals surface area contributed by atoms with E-state index in [-0.39, 0.29) is 17.2 Å². The summed E-state index contributed by atoms with van der Waals surface area (Å²) in [7, 11) is 1.55. The number of hydrogen-bond acceptors (Lipinski definition) is 4. The molecule has 0 saturated carbocycles. The number of aromatic hydroxyl groups is 1. The first-order valence-electron chi connectivity index (χ1n) is 6.59. The average molecular weight is 286 g/mol. The number of phenolic OH excluding ortho intramolecular Hbond substituents is 1. The van der Waals surface area contributed by atoms with Crippen molar-refractivity contribution in [3.05, 3.63) is 52.7 Å². The molecule has 2 rings (SSSR count). The van der Waals surface area contributed by atoms with Gasteiger partial charge in [-0.1, -0.05) is 12.1 Å². The molecule has 0 atom stereocenters. The Bertz CT molecular complexity index is 651. The highest BCUT2D eigenvalue weighted by Gasteiger charge is 2.13. The van der Waals surface area contributed by atoms with Crippen LogP contribution in [0.3, 0.4) is 0 Å². The predicted octanol–water partition coefficient (Wildman–Crippen LogP) is 2.34. The quantitative estimate of drug-likeness (QED) is 0.905. The Labute approximate surface area is 123 Å². The molecular weight excluding hydrogens is 268 g/mol. The molecule has 0 unspecified atom stereocenters. The maximum atomic E-state index is 12.1. The minimum atomic E-state index is -0.314. The zero-order valence-corrected chi connectivity index (χ0v) is 12.3. The van der Waals surface area contributed by atoms with E-state index in [1.165, 1.54) is 0 Å². The molecule has 2 aromatic rings. The molecule has 5 nitrogen and oxygen atoms in total. The van der Waals surface area contributed by atoms with E-state index >= 15 is 0 Å². The number of amides is 1. The van der Waals surface area contributed by atoms with Gasteiger partial charge in [-0.15, -0.1) is 0 Å². The van der Waals surface area contributed by atoms with Crippen molar-refractivity contribution in [2.45, 2.75) is 20.4 Å². The molecule has 5 heteroatoms. The van der Waals surface area contributed by atoms with Gasteiger partial charge in [0.2, 0.25) is 5.88 Å². The van der Waals surface area contributed by atoms with Gasteiger partial charge < -0.3 is 15.2 Å². The van der Waals surface area contributed by atoms with Crippen molar-refractivity contribution in [2.24, 2.45) is 0 Å². The molecule has 0 aliphatic rings. The minimum Gasteiger partial charge on any atom is -0.507 e. The number of phenols is 1. The summed E-state index contributed by atoms with van der Waals surface area (Å²) in [5.74, 6) is 0.239. The van der Waals surface area contributed by atoms with Gasteiger partial charge >= 0.3 is 0 Å². The highest BCUT2D eigenvalue weighted by Crippen LogP contribution is 2.24. The number of aromatic nitrogens is 1. The molecule has 0 aliphatic carbocycles. The summed E-state index contributed by atoms with van der Waals surface area (Å²) in [5.41, 5.74) is 2.80. The van der Waals surface area contributed by atoms with Crippen LogP contribution in [0, 0.1) is 13.8 Å². The molecule has 1 aromatic carbocycles. The van der Waals surface area contributed by atoms with E-state index in [1.54, 1.807) is 32.4 Å². The van der Waals surface area contributed by atoms with Crippen LogP contribution in [0.2, 0.25) is 0 Å². The number of carbonyl (C=O) groups excluding carboxylic acids is 1. The molecule has 0 aliphatic heterocycles. The van der Waals surface area contributed by atoms with Crippen LogP contribution >= 0.6 is 0 Å². The maximum absolute atomic E-state index is 12.1. The van der Waals surface area contributed by atoms with E-state index in [4.69, 9.17) is 4.74 Å². The number of nitrogens with one attached hydrogen (secondary N) is 1. The molecule has 110 valence electrons. The monoisotopic (exact) mass is 286 g/mol. The summed E-state index contributed by atoms with van der Waals surface area (Å²) in [4.78, 5) is 16.2. The van der Waals surface area contributed by atoms with Crippen LogP contribution in [-0.2, 0) is 6.54 Å². The molecule has 21 heavy (non-hydrogen) atoms. The number of nitrogens with zero attached hydrogens (tertiary/aromatic N) is 1. The van der Waals surface area contributed by atoms with E-state index < -0.39 is 0 Å². The van der Waals surface area contributed by atoms with Crippen LogP contribution in [-0.4, -0.2) is 23.1 Å². The fraction of sp³-hybridized carbons (Fsp3) is 0.250. The Hall–Kier alpha value is -2.56. The Kier molecular flexibility index (Phi) is 4.42. The summed E-state index contributed by atoms with van der Waals surface area (Å²) in [6.07, 6.45) is 1.64. The first-order chi connectivity index (χ1) is 10.0. The van der Waals surface area contributed by atoms with Gasteiger partial charge in [0.25, 0.3) is 5.91 Å². The van der Waals surface area contributed by atoms with Crippen molar-refractivity contribution in [3.8, 4) is 11.6 Å². The Balaban J connectivity index is 2.06. The van der Waals surface area contributed by atoms with Crippen LogP contribution < -0.4 is 10.1 Å². The molecule has 0 fully saturated rings. The Morgan fingerprint density at radius 2 is 2.05 bits per heavy atom. The summed E-state index contributed by atoms with van der Waals surface area (Å²) < 4.78 is 4.97. The zero-order valence-electron chi connectivity index (χ0n) is 12.3. The van der Waals surface area contributed by atoms with Gasteiger partial charge in [0, 0.05) is 18.8 Å². The molecule has 1 aromatic heterocycles. The topological polar surface area (TPSA) is 71.5 Å². The lowest BCUT2D eigenvalue weighted by atomic mass is 10.0. The van der Waals surface area contributed by atoms with E-state index in [9.17, 15) is 9.90 Å². The summed E-state index contributed by atoms with van der Waals surface area (Å²) in [5, 5.41) is 12.8. The molecule has 0 saturated heterocycles. The number of methoxy groups -OCH3 is 1. The highest BCUT2D eigenvalue weighted by molar-refractivity contribution is 5.97. The van der Waals surface area contributed by atoms with Gasteiger partial charge in [-0.2, -0.15) is 0 Å². The second-order valence-electron chi connectivity index (χ2n) is 4.80. The second kappa shape index (κ2) is 6.26. The third-order valence-electron chi connectivity index (χ3n) is 3.41. The van der Waals surface area contributed by atoms with E-state index in [1.807, 2.05) is 19.1 Å². The van der Waals surface area contributed by atoms with Crippen molar-refractivity contribution in [1.82, 2.24) is 10.3 Å². The lowest BCUT2D eigenvalue weighted by molar-refractivity contribution is 0.0948. The number of ether oxygens (including phenoxy) is 1. The fourth-order valence-corrected chi connectivity index (χ4v) is 1.90. The maximum Gasteiger partial charge on any atom is 0.255 e. The first kappa shape index (κ1) is 14.8. The lowest BCUT2D eigenvalue weighted by Gasteiger charge is -2.10. The Morgan fingerprint density at radius 1 is 1.29 bits per heavy atom. The molecular formula is C16H18N2O3. The largest absolute Gasteiger partial charge is 0.507 e. The van der Waals surface area contributed by atoms with Gasteiger partial charge in [-0.05, 0) is 36.6 Å². The Morgan fingerprint density at radius 3 is 2.67 bits per heavy atom. The molecule has 1 amide bonds. The number of pyridine rings is 1. The van der Waals surface area contributed by atoms with Crippen molar-refractivity contribution >= 4 is 5.91 Å². The van der Waals surface area contributed by atoms with Crippen molar-refractivity contribution in [2.75, 3.05) is 7.11 Å². The van der Waals surface area contributed by atoms with Crippen LogP contribution in [0.25, 0.3) is 0 Å². The average Bonchev–Trinajstić information content (AvgIpc) is 2.51. The summed E-state index contributed by atoms with van der Waals surface area (Å²) in [6, 6.07) is 7.00. The van der Waals surface area contributed by atoms with Gasteiger partial charge in [0.1, 0.15) is 5.75 Å². The van der Waals surface area contributed by atoms with Crippen molar-refractivity contribution in [1.29, 1.82) is 0 Å². The van der Waals surface area contributed by atoms with E-state index in [0.29, 0.717) is 18.0 Å². The number of aryl methyl sites for hydroxylation is 1. The molecule has 0 radical (unpaired) electrons. The second-order valence-corrected chi connectivity index (χ2v) is 4.80. The van der Waals surface area contributed by atoms with E-state index in [0.717, 1.165) is 11.1 Å². The lowest BCUT2D eigenvalue weighted by Crippen LogP contribution is -2.23. The van der Waals surface area contributed by atoms with Gasteiger partial charge in [-0.25, -0.2) is 4.98 Å². The first-order valence-corrected chi connectivity index (χ1v) is 6.59. The minimum absolute atomic E-state index is 0.0281. The normalized spacial score (nSPS) is 10.2. The van der Waals surface area contributed by atoms with Crippen LogP contribution in [0.5, 0.6) is 11.6 Å². The number of rotatable bonds is 4.